The zero-order chi connectivity index (χ0) is 20.0. The Morgan fingerprint density at radius 1 is 0.821 bits per heavy atom. The van der Waals surface area contributed by atoms with Crippen LogP contribution in [-0.2, 0) is 10.0 Å². The number of rotatable bonds is 6. The SMILES string of the molecule is C/C(=C\C(=N\NS(=O)(=O)c1ccc(C)cc1)c1ccccc1)c1ccccc1. The van der Waals surface area contributed by atoms with Crippen LogP contribution in [0.4, 0.5) is 0 Å². The summed E-state index contributed by atoms with van der Waals surface area (Å²) in [4.78, 5) is 2.54. The van der Waals surface area contributed by atoms with Crippen LogP contribution >= 0.6 is 0 Å². The van der Waals surface area contributed by atoms with Crippen molar-refractivity contribution in [2.45, 2.75) is 18.7 Å². The van der Waals surface area contributed by atoms with E-state index in [4.69, 9.17) is 0 Å². The van der Waals surface area contributed by atoms with E-state index in [1.165, 1.54) is 0 Å². The first kappa shape index (κ1) is 19.6. The number of hydrogen-bond acceptors (Lipinski definition) is 3. The standard InChI is InChI=1S/C23H22N2O2S/c1-18-13-15-22(16-14-18)28(26,27)25-24-23(21-11-7-4-8-12-21)17-19(2)20-9-5-3-6-10-20/h3-17,25H,1-2H3/b19-17+,24-23-. The molecule has 3 aromatic rings. The molecule has 0 aliphatic heterocycles. The molecular weight excluding hydrogens is 368 g/mol. The molecule has 0 fully saturated rings. The van der Waals surface area contributed by atoms with E-state index in [2.05, 4.69) is 9.93 Å². The summed E-state index contributed by atoms with van der Waals surface area (Å²) < 4.78 is 25.2. The van der Waals surface area contributed by atoms with E-state index in [0.717, 1.165) is 22.3 Å². The van der Waals surface area contributed by atoms with Gasteiger partial charge in [-0.15, -0.1) is 0 Å². The van der Waals surface area contributed by atoms with E-state index in [1.807, 2.05) is 80.6 Å². The van der Waals surface area contributed by atoms with Crippen molar-refractivity contribution < 1.29 is 8.42 Å². The van der Waals surface area contributed by atoms with Gasteiger partial charge in [-0.3, -0.25) is 0 Å². The number of hydrogen-bond donors (Lipinski definition) is 1. The van der Waals surface area contributed by atoms with E-state index in [9.17, 15) is 8.42 Å². The molecule has 0 aliphatic carbocycles. The van der Waals surface area contributed by atoms with Crippen LogP contribution in [-0.4, -0.2) is 14.1 Å². The normalized spacial score (nSPS) is 12.6. The number of sulfonamides is 1. The minimum atomic E-state index is -3.75. The zero-order valence-corrected chi connectivity index (χ0v) is 16.6. The first-order valence-corrected chi connectivity index (χ1v) is 10.4. The van der Waals surface area contributed by atoms with Gasteiger partial charge in [0.1, 0.15) is 0 Å². The largest absolute Gasteiger partial charge is 0.276 e. The second-order valence-electron chi connectivity index (χ2n) is 6.46. The predicted molar refractivity (Wildman–Crippen MR) is 115 cm³/mol. The van der Waals surface area contributed by atoms with Crippen molar-refractivity contribution >= 4 is 21.3 Å². The first-order valence-electron chi connectivity index (χ1n) is 8.91. The van der Waals surface area contributed by atoms with Crippen LogP contribution in [0, 0.1) is 6.92 Å². The van der Waals surface area contributed by atoms with Gasteiger partial charge in [-0.05, 0) is 43.2 Å². The predicted octanol–water partition coefficient (Wildman–Crippen LogP) is 4.78. The van der Waals surface area contributed by atoms with Crippen molar-refractivity contribution in [2.24, 2.45) is 5.10 Å². The molecule has 0 saturated heterocycles. The number of nitrogens with one attached hydrogen (secondary N) is 1. The van der Waals surface area contributed by atoms with E-state index >= 15 is 0 Å². The highest BCUT2D eigenvalue weighted by Crippen LogP contribution is 2.16. The summed E-state index contributed by atoms with van der Waals surface area (Å²) in [5.41, 5.74) is 4.39. The van der Waals surface area contributed by atoms with Gasteiger partial charge in [-0.1, -0.05) is 78.4 Å². The lowest BCUT2D eigenvalue weighted by atomic mass is 10.0. The van der Waals surface area contributed by atoms with Crippen molar-refractivity contribution in [2.75, 3.05) is 0 Å². The van der Waals surface area contributed by atoms with Crippen LogP contribution in [0.25, 0.3) is 5.57 Å². The van der Waals surface area contributed by atoms with Crippen LogP contribution in [0.15, 0.2) is 101 Å². The highest BCUT2D eigenvalue weighted by atomic mass is 32.2. The second-order valence-corrected chi connectivity index (χ2v) is 8.13. The van der Waals surface area contributed by atoms with Crippen LogP contribution in [0.3, 0.4) is 0 Å². The highest BCUT2D eigenvalue weighted by Gasteiger charge is 2.13. The summed E-state index contributed by atoms with van der Waals surface area (Å²) in [7, 11) is -3.75. The van der Waals surface area contributed by atoms with Crippen LogP contribution in [0.5, 0.6) is 0 Å². The van der Waals surface area contributed by atoms with Gasteiger partial charge in [0.15, 0.2) is 0 Å². The smallest absolute Gasteiger partial charge is 0.200 e. The molecule has 5 heteroatoms. The first-order chi connectivity index (χ1) is 13.5. The third-order valence-electron chi connectivity index (χ3n) is 4.27. The lowest BCUT2D eigenvalue weighted by Crippen LogP contribution is -2.20. The van der Waals surface area contributed by atoms with Crippen LogP contribution in [0.2, 0.25) is 0 Å². The number of nitrogens with zero attached hydrogens (tertiary/aromatic N) is 1. The summed E-state index contributed by atoms with van der Waals surface area (Å²) in [6.07, 6.45) is 1.88. The molecule has 0 amide bonds. The van der Waals surface area contributed by atoms with Gasteiger partial charge in [0.2, 0.25) is 0 Å². The molecule has 4 nitrogen and oxygen atoms in total. The monoisotopic (exact) mass is 390 g/mol. The van der Waals surface area contributed by atoms with Crippen LogP contribution in [0.1, 0.15) is 23.6 Å². The third-order valence-corrected chi connectivity index (χ3v) is 5.49. The number of aryl methyl sites for hydroxylation is 1. The van der Waals surface area contributed by atoms with E-state index in [0.29, 0.717) is 5.71 Å². The van der Waals surface area contributed by atoms with Crippen molar-refractivity contribution in [1.82, 2.24) is 4.83 Å². The Labute approximate surface area is 166 Å². The molecule has 0 heterocycles. The van der Waals surface area contributed by atoms with E-state index in [1.54, 1.807) is 24.3 Å². The zero-order valence-electron chi connectivity index (χ0n) is 15.8. The summed E-state index contributed by atoms with van der Waals surface area (Å²) in [6.45, 7) is 3.88. The minimum absolute atomic E-state index is 0.179. The Morgan fingerprint density at radius 2 is 1.36 bits per heavy atom. The van der Waals surface area contributed by atoms with Gasteiger partial charge in [-0.2, -0.15) is 18.4 Å². The molecule has 28 heavy (non-hydrogen) atoms. The molecule has 3 aromatic carbocycles. The molecule has 0 unspecified atom stereocenters. The summed E-state index contributed by atoms with van der Waals surface area (Å²) in [5.74, 6) is 0. The minimum Gasteiger partial charge on any atom is -0.200 e. The average Bonchev–Trinajstić information content (AvgIpc) is 2.72. The Hall–Kier alpha value is -3.18. The van der Waals surface area contributed by atoms with Gasteiger partial charge in [0, 0.05) is 5.56 Å². The second kappa shape index (κ2) is 8.67. The fourth-order valence-electron chi connectivity index (χ4n) is 2.66. The number of allylic oxidation sites excluding steroid dienone is 2. The molecule has 0 spiro atoms. The highest BCUT2D eigenvalue weighted by molar-refractivity contribution is 7.89. The Balaban J connectivity index is 1.96. The van der Waals surface area contributed by atoms with Crippen molar-refractivity contribution in [1.29, 1.82) is 0 Å². The van der Waals surface area contributed by atoms with E-state index in [-0.39, 0.29) is 4.90 Å². The fraction of sp³-hybridized carbons (Fsp3) is 0.0870. The summed E-state index contributed by atoms with van der Waals surface area (Å²) >= 11 is 0. The Morgan fingerprint density at radius 3 is 1.93 bits per heavy atom. The average molecular weight is 391 g/mol. The van der Waals surface area contributed by atoms with Gasteiger partial charge in [0.05, 0.1) is 10.6 Å². The number of benzene rings is 3. The van der Waals surface area contributed by atoms with Gasteiger partial charge >= 0.3 is 0 Å². The summed E-state index contributed by atoms with van der Waals surface area (Å²) in [5, 5.41) is 4.23. The molecule has 0 aliphatic rings. The molecule has 3 rings (SSSR count). The van der Waals surface area contributed by atoms with Gasteiger partial charge in [0.25, 0.3) is 10.0 Å². The maximum atomic E-state index is 12.6. The topological polar surface area (TPSA) is 58.5 Å². The molecule has 0 atom stereocenters. The molecule has 0 saturated carbocycles. The number of hydrazone groups is 1. The van der Waals surface area contributed by atoms with Crippen molar-refractivity contribution in [3.8, 4) is 0 Å². The van der Waals surface area contributed by atoms with Gasteiger partial charge in [-0.25, -0.2) is 0 Å². The molecule has 1 N–H and O–H groups in total. The molecule has 142 valence electrons. The Bertz CT molecular complexity index is 1090. The maximum Gasteiger partial charge on any atom is 0.276 e. The molecule has 0 bridgehead atoms. The quantitative estimate of drug-likeness (QED) is 0.486. The Kier molecular flexibility index (Phi) is 6.06. The van der Waals surface area contributed by atoms with Gasteiger partial charge < -0.3 is 0 Å². The molecular formula is C23H22N2O2S. The fourth-order valence-corrected chi connectivity index (χ4v) is 3.48. The summed E-state index contributed by atoms with van der Waals surface area (Å²) in [6, 6.07) is 26.0. The van der Waals surface area contributed by atoms with Crippen molar-refractivity contribution in [3.05, 3.63) is 108 Å². The molecule has 0 aromatic heterocycles. The van der Waals surface area contributed by atoms with E-state index < -0.39 is 10.0 Å². The lowest BCUT2D eigenvalue weighted by Gasteiger charge is -2.08. The molecule has 0 radical (unpaired) electrons. The van der Waals surface area contributed by atoms with Crippen LogP contribution < -0.4 is 4.83 Å². The maximum absolute atomic E-state index is 12.6. The third kappa shape index (κ3) is 4.96. The lowest BCUT2D eigenvalue weighted by molar-refractivity contribution is 0.584. The van der Waals surface area contributed by atoms with Crippen molar-refractivity contribution in [3.63, 3.8) is 0 Å².